The molecule has 0 N–H and O–H groups in total. The zero-order valence-corrected chi connectivity index (χ0v) is 20.9. The smallest absolute Gasteiger partial charge is 0.339 e. The van der Waals surface area contributed by atoms with Crippen LogP contribution < -0.4 is 4.18 Å². The van der Waals surface area contributed by atoms with E-state index in [4.69, 9.17) is 8.92 Å². The number of amides is 1. The van der Waals surface area contributed by atoms with Crippen molar-refractivity contribution in [3.05, 3.63) is 59.2 Å². The van der Waals surface area contributed by atoms with Crippen LogP contribution >= 0.6 is 0 Å². The van der Waals surface area contributed by atoms with Crippen molar-refractivity contribution in [1.82, 2.24) is 9.80 Å². The van der Waals surface area contributed by atoms with Crippen molar-refractivity contribution in [2.24, 2.45) is 5.92 Å². The molecule has 2 aliphatic heterocycles. The first-order chi connectivity index (χ1) is 16.3. The number of ether oxygens (including phenoxy) is 1. The second kappa shape index (κ2) is 10.9. The monoisotopic (exact) mass is 486 g/mol. The van der Waals surface area contributed by atoms with E-state index in [0.717, 1.165) is 64.3 Å². The molecule has 0 unspecified atom stereocenters. The third-order valence-electron chi connectivity index (χ3n) is 6.78. The average Bonchev–Trinajstić information content (AvgIpc) is 2.85. The van der Waals surface area contributed by atoms with Crippen LogP contribution in [-0.2, 0) is 14.9 Å². The summed E-state index contributed by atoms with van der Waals surface area (Å²) < 4.78 is 36.2. The highest BCUT2D eigenvalue weighted by molar-refractivity contribution is 7.87. The van der Waals surface area contributed by atoms with Crippen LogP contribution in [-0.4, -0.2) is 70.1 Å². The van der Waals surface area contributed by atoms with Gasteiger partial charge in [-0.3, -0.25) is 9.69 Å². The number of aryl methyl sites for hydroxylation is 2. The first kappa shape index (κ1) is 24.7. The third kappa shape index (κ3) is 6.17. The Bertz CT molecular complexity index is 1090. The molecule has 4 rings (SSSR count). The van der Waals surface area contributed by atoms with Crippen LogP contribution in [0.5, 0.6) is 5.75 Å². The maximum atomic E-state index is 13.0. The van der Waals surface area contributed by atoms with Gasteiger partial charge in [0.15, 0.2) is 0 Å². The minimum Gasteiger partial charge on any atom is -0.379 e. The number of hydrogen-bond acceptors (Lipinski definition) is 6. The van der Waals surface area contributed by atoms with Crippen LogP contribution in [0, 0.1) is 19.8 Å². The van der Waals surface area contributed by atoms with Gasteiger partial charge in [0.05, 0.1) is 13.2 Å². The molecule has 184 valence electrons. The van der Waals surface area contributed by atoms with Gasteiger partial charge < -0.3 is 13.8 Å². The van der Waals surface area contributed by atoms with E-state index in [1.165, 1.54) is 6.42 Å². The van der Waals surface area contributed by atoms with Gasteiger partial charge in [-0.2, -0.15) is 8.42 Å². The lowest BCUT2D eigenvalue weighted by Gasteiger charge is -2.34. The predicted octanol–water partition coefficient (Wildman–Crippen LogP) is 3.65. The van der Waals surface area contributed by atoms with Gasteiger partial charge in [0.25, 0.3) is 5.91 Å². The molecule has 2 heterocycles. The topological polar surface area (TPSA) is 76.2 Å². The van der Waals surface area contributed by atoms with Crippen molar-refractivity contribution in [3.63, 3.8) is 0 Å². The van der Waals surface area contributed by atoms with Crippen LogP contribution in [0.25, 0.3) is 0 Å². The zero-order chi connectivity index (χ0) is 24.1. The fourth-order valence-corrected chi connectivity index (χ4v) is 5.85. The maximum Gasteiger partial charge on any atom is 0.339 e. The van der Waals surface area contributed by atoms with Gasteiger partial charge in [0.1, 0.15) is 10.6 Å². The second-order valence-electron chi connectivity index (χ2n) is 9.31. The first-order valence-electron chi connectivity index (χ1n) is 12.0. The number of piperidine rings is 1. The molecule has 2 aliphatic rings. The third-order valence-corrected chi connectivity index (χ3v) is 8.17. The molecule has 34 heavy (non-hydrogen) atoms. The van der Waals surface area contributed by atoms with Gasteiger partial charge in [-0.25, -0.2) is 0 Å². The number of likely N-dealkylation sites (tertiary alicyclic amines) is 1. The Labute approximate surface area is 202 Å². The van der Waals surface area contributed by atoms with E-state index in [9.17, 15) is 13.2 Å². The molecular formula is C26H34N2O5S. The molecule has 0 radical (unpaired) electrons. The zero-order valence-electron chi connectivity index (χ0n) is 20.0. The molecular weight excluding hydrogens is 452 g/mol. The molecule has 0 bridgehead atoms. The second-order valence-corrected chi connectivity index (χ2v) is 10.8. The average molecular weight is 487 g/mol. The first-order valence-corrected chi connectivity index (χ1v) is 13.4. The van der Waals surface area contributed by atoms with Crippen molar-refractivity contribution in [2.75, 3.05) is 45.9 Å². The molecule has 8 heteroatoms. The Kier molecular flexibility index (Phi) is 7.91. The summed E-state index contributed by atoms with van der Waals surface area (Å²) in [7, 11) is -3.95. The number of carbonyl (C=O) groups is 1. The lowest BCUT2D eigenvalue weighted by molar-refractivity contribution is 0.0332. The number of hydrogen-bond donors (Lipinski definition) is 0. The normalized spacial score (nSPS) is 18.1. The SMILES string of the molecule is Cc1ccc(C)c(S(=O)(=O)Oc2ccc(C(=O)N3CCC(CCN4CCOCC4)CC3)cc2)c1. The van der Waals surface area contributed by atoms with E-state index >= 15 is 0 Å². The van der Waals surface area contributed by atoms with Crippen LogP contribution in [0.2, 0.25) is 0 Å². The van der Waals surface area contributed by atoms with Gasteiger partial charge in [-0.05, 0) is 87.0 Å². The highest BCUT2D eigenvalue weighted by Gasteiger charge is 2.25. The Balaban J connectivity index is 1.30. The molecule has 2 aromatic carbocycles. The summed E-state index contributed by atoms with van der Waals surface area (Å²) in [6, 6.07) is 11.6. The number of benzene rings is 2. The van der Waals surface area contributed by atoms with Crippen molar-refractivity contribution in [3.8, 4) is 5.75 Å². The van der Waals surface area contributed by atoms with E-state index < -0.39 is 10.1 Å². The van der Waals surface area contributed by atoms with E-state index in [1.807, 2.05) is 17.9 Å². The quantitative estimate of drug-likeness (QED) is 0.556. The van der Waals surface area contributed by atoms with E-state index in [2.05, 4.69) is 4.90 Å². The van der Waals surface area contributed by atoms with Gasteiger partial charge in [-0.1, -0.05) is 12.1 Å². The number of carbonyl (C=O) groups excluding carboxylic acids is 1. The van der Waals surface area contributed by atoms with Crippen molar-refractivity contribution < 1.29 is 22.1 Å². The Hall–Kier alpha value is -2.42. The van der Waals surface area contributed by atoms with E-state index in [0.29, 0.717) is 17.0 Å². The predicted molar refractivity (Wildman–Crippen MR) is 131 cm³/mol. The highest BCUT2D eigenvalue weighted by Crippen LogP contribution is 2.25. The summed E-state index contributed by atoms with van der Waals surface area (Å²) in [5.41, 5.74) is 2.02. The Morgan fingerprint density at radius 2 is 1.68 bits per heavy atom. The van der Waals surface area contributed by atoms with Crippen LogP contribution in [0.4, 0.5) is 0 Å². The number of nitrogens with zero attached hydrogens (tertiary/aromatic N) is 2. The Morgan fingerprint density at radius 1 is 1.00 bits per heavy atom. The van der Waals surface area contributed by atoms with Gasteiger partial charge >= 0.3 is 10.1 Å². The molecule has 0 aliphatic carbocycles. The van der Waals surface area contributed by atoms with Crippen molar-refractivity contribution in [2.45, 2.75) is 38.0 Å². The van der Waals surface area contributed by atoms with E-state index in [-0.39, 0.29) is 16.6 Å². The summed E-state index contributed by atoms with van der Waals surface area (Å²) in [5, 5.41) is 0. The summed E-state index contributed by atoms with van der Waals surface area (Å²) in [5.74, 6) is 0.827. The fourth-order valence-electron chi connectivity index (χ4n) is 4.60. The summed E-state index contributed by atoms with van der Waals surface area (Å²) in [4.78, 5) is 17.5. The lowest BCUT2D eigenvalue weighted by Crippen LogP contribution is -2.40. The van der Waals surface area contributed by atoms with Crippen LogP contribution in [0.1, 0.15) is 40.7 Å². The number of rotatable bonds is 7. The molecule has 0 atom stereocenters. The van der Waals surface area contributed by atoms with Crippen molar-refractivity contribution >= 4 is 16.0 Å². The summed E-state index contributed by atoms with van der Waals surface area (Å²) in [6.07, 6.45) is 3.21. The number of morpholine rings is 1. The Morgan fingerprint density at radius 3 is 2.35 bits per heavy atom. The fraction of sp³-hybridized carbons (Fsp3) is 0.500. The summed E-state index contributed by atoms with van der Waals surface area (Å²) >= 11 is 0. The largest absolute Gasteiger partial charge is 0.379 e. The van der Waals surface area contributed by atoms with Gasteiger partial charge in [0, 0.05) is 31.7 Å². The van der Waals surface area contributed by atoms with Gasteiger partial charge in [-0.15, -0.1) is 0 Å². The minimum atomic E-state index is -3.95. The molecule has 2 saturated heterocycles. The molecule has 1 amide bonds. The highest BCUT2D eigenvalue weighted by atomic mass is 32.2. The molecule has 2 fully saturated rings. The van der Waals surface area contributed by atoms with Crippen molar-refractivity contribution in [1.29, 1.82) is 0 Å². The van der Waals surface area contributed by atoms with E-state index in [1.54, 1.807) is 43.3 Å². The molecule has 0 aromatic heterocycles. The maximum absolute atomic E-state index is 13.0. The van der Waals surface area contributed by atoms with Crippen LogP contribution in [0.3, 0.4) is 0 Å². The van der Waals surface area contributed by atoms with Gasteiger partial charge in [0.2, 0.25) is 0 Å². The lowest BCUT2D eigenvalue weighted by atomic mass is 9.93. The molecule has 0 saturated carbocycles. The summed E-state index contributed by atoms with van der Waals surface area (Å²) in [6.45, 7) is 9.88. The minimum absolute atomic E-state index is 0.0180. The van der Waals surface area contributed by atoms with Crippen LogP contribution in [0.15, 0.2) is 47.4 Å². The molecule has 0 spiro atoms. The molecule has 2 aromatic rings. The standard InChI is InChI=1S/C26H34N2O5S/c1-20-3-4-21(2)25(19-20)34(30,31)33-24-7-5-23(6-8-24)26(29)28-13-10-22(11-14-28)9-12-27-15-17-32-18-16-27/h3-8,19,22H,9-18H2,1-2H3. The molecule has 7 nitrogen and oxygen atoms in total.